The van der Waals surface area contributed by atoms with Crippen molar-refractivity contribution in [3.05, 3.63) is 65.2 Å². The second kappa shape index (κ2) is 8.97. The lowest BCUT2D eigenvalue weighted by Crippen LogP contribution is -2.33. The maximum atomic E-state index is 12.9. The van der Waals surface area contributed by atoms with Gasteiger partial charge in [0.1, 0.15) is 0 Å². The molecular weight excluding hydrogens is 324 g/mol. The fourth-order valence-electron chi connectivity index (χ4n) is 3.40. The largest absolute Gasteiger partial charge is 0.373 e. The van der Waals surface area contributed by atoms with E-state index in [9.17, 15) is 4.79 Å². The molecule has 0 radical (unpaired) electrons. The number of amides is 1. The van der Waals surface area contributed by atoms with Crippen molar-refractivity contribution in [2.24, 2.45) is 5.92 Å². The number of carbonyl (C=O) groups excluding carboxylic acids is 1. The summed E-state index contributed by atoms with van der Waals surface area (Å²) >= 11 is 0. The van der Waals surface area contributed by atoms with Gasteiger partial charge in [-0.1, -0.05) is 48.9 Å². The molecule has 3 rings (SSSR count). The van der Waals surface area contributed by atoms with E-state index in [1.165, 1.54) is 11.1 Å². The highest BCUT2D eigenvalue weighted by atomic mass is 16.5. The predicted octanol–water partition coefficient (Wildman–Crippen LogP) is 4.21. The van der Waals surface area contributed by atoms with Crippen molar-refractivity contribution in [3.8, 4) is 0 Å². The molecule has 0 spiro atoms. The number of ether oxygens (including phenoxy) is 1. The van der Waals surface area contributed by atoms with Gasteiger partial charge in [0.2, 0.25) is 5.91 Å². The lowest BCUT2D eigenvalue weighted by molar-refractivity contribution is -0.129. The molecule has 0 aromatic heterocycles. The summed E-state index contributed by atoms with van der Waals surface area (Å²) in [5.41, 5.74) is 4.30. The standard InChI is InChI=1S/C22H28N2O2/c1-3-23-15-17-6-4-7-19(14-17)24-22(25)20-8-5-13-26-21(20)18-11-9-16(2)10-12-18/h4,6-7,9-12,14,20-21,23H,3,5,8,13,15H2,1-2H3,(H,24,25). The van der Waals surface area contributed by atoms with Gasteiger partial charge in [-0.05, 0) is 49.6 Å². The first-order chi connectivity index (χ1) is 12.7. The molecular formula is C22H28N2O2. The van der Waals surface area contributed by atoms with E-state index in [0.29, 0.717) is 6.61 Å². The Balaban J connectivity index is 1.71. The number of hydrogen-bond acceptors (Lipinski definition) is 3. The summed E-state index contributed by atoms with van der Waals surface area (Å²) in [6.45, 7) is 6.59. The molecule has 2 N–H and O–H groups in total. The summed E-state index contributed by atoms with van der Waals surface area (Å²) in [5.74, 6) is -0.125. The Morgan fingerprint density at radius 2 is 2.00 bits per heavy atom. The maximum absolute atomic E-state index is 12.9. The molecule has 2 atom stereocenters. The van der Waals surface area contributed by atoms with Crippen molar-refractivity contribution in [2.75, 3.05) is 18.5 Å². The third kappa shape index (κ3) is 4.71. The zero-order chi connectivity index (χ0) is 18.4. The zero-order valence-electron chi connectivity index (χ0n) is 15.6. The van der Waals surface area contributed by atoms with Crippen LogP contribution >= 0.6 is 0 Å². The highest BCUT2D eigenvalue weighted by Crippen LogP contribution is 2.34. The second-order valence-electron chi connectivity index (χ2n) is 6.92. The van der Waals surface area contributed by atoms with Crippen molar-refractivity contribution in [2.45, 2.75) is 39.3 Å². The van der Waals surface area contributed by atoms with Crippen LogP contribution in [-0.4, -0.2) is 19.1 Å². The quantitative estimate of drug-likeness (QED) is 0.819. The topological polar surface area (TPSA) is 50.4 Å². The number of carbonyl (C=O) groups is 1. The predicted molar refractivity (Wildman–Crippen MR) is 105 cm³/mol. The van der Waals surface area contributed by atoms with Crippen molar-refractivity contribution >= 4 is 11.6 Å². The monoisotopic (exact) mass is 352 g/mol. The van der Waals surface area contributed by atoms with E-state index >= 15 is 0 Å². The highest BCUT2D eigenvalue weighted by molar-refractivity contribution is 5.93. The summed E-state index contributed by atoms with van der Waals surface area (Å²) in [6.07, 6.45) is 1.59. The molecule has 2 aromatic rings. The van der Waals surface area contributed by atoms with Crippen molar-refractivity contribution in [3.63, 3.8) is 0 Å². The molecule has 1 amide bonds. The number of anilines is 1. The normalized spacial score (nSPS) is 19.9. The van der Waals surface area contributed by atoms with Crippen LogP contribution in [0, 0.1) is 12.8 Å². The minimum Gasteiger partial charge on any atom is -0.373 e. The van der Waals surface area contributed by atoms with Crippen molar-refractivity contribution in [1.82, 2.24) is 5.32 Å². The molecule has 0 aliphatic carbocycles. The first-order valence-electron chi connectivity index (χ1n) is 9.46. The van der Waals surface area contributed by atoms with E-state index in [-0.39, 0.29) is 17.9 Å². The lowest BCUT2D eigenvalue weighted by atomic mass is 9.88. The minimum atomic E-state index is -0.172. The molecule has 4 heteroatoms. The Morgan fingerprint density at radius 1 is 1.19 bits per heavy atom. The van der Waals surface area contributed by atoms with Crippen molar-refractivity contribution < 1.29 is 9.53 Å². The first-order valence-corrected chi connectivity index (χ1v) is 9.46. The third-order valence-electron chi connectivity index (χ3n) is 4.84. The van der Waals surface area contributed by atoms with Crippen LogP contribution in [0.15, 0.2) is 48.5 Å². The number of aryl methyl sites for hydroxylation is 1. The van der Waals surface area contributed by atoms with E-state index in [4.69, 9.17) is 4.74 Å². The smallest absolute Gasteiger partial charge is 0.230 e. The van der Waals surface area contributed by atoms with Crippen LogP contribution in [0.3, 0.4) is 0 Å². The molecule has 0 saturated carbocycles. The van der Waals surface area contributed by atoms with Crippen LogP contribution in [0.1, 0.15) is 42.6 Å². The van der Waals surface area contributed by atoms with Crippen molar-refractivity contribution in [1.29, 1.82) is 0 Å². The van der Waals surface area contributed by atoms with E-state index in [2.05, 4.69) is 54.8 Å². The van der Waals surface area contributed by atoms with Crippen LogP contribution in [0.25, 0.3) is 0 Å². The number of hydrogen-bond donors (Lipinski definition) is 2. The van der Waals surface area contributed by atoms with Gasteiger partial charge in [0.25, 0.3) is 0 Å². The molecule has 1 saturated heterocycles. The average molecular weight is 352 g/mol. The Morgan fingerprint density at radius 3 is 2.77 bits per heavy atom. The molecule has 4 nitrogen and oxygen atoms in total. The first kappa shape index (κ1) is 18.6. The Bertz CT molecular complexity index is 727. The van der Waals surface area contributed by atoms with Gasteiger partial charge in [0.05, 0.1) is 12.0 Å². The van der Waals surface area contributed by atoms with Gasteiger partial charge in [-0.2, -0.15) is 0 Å². The molecule has 138 valence electrons. The summed E-state index contributed by atoms with van der Waals surface area (Å²) in [4.78, 5) is 12.9. The van der Waals surface area contributed by atoms with Gasteiger partial charge in [0, 0.05) is 18.8 Å². The van der Waals surface area contributed by atoms with Gasteiger partial charge in [-0.3, -0.25) is 4.79 Å². The third-order valence-corrected chi connectivity index (χ3v) is 4.84. The minimum absolute atomic E-state index is 0.0378. The van der Waals surface area contributed by atoms with E-state index in [1.807, 2.05) is 18.2 Å². The maximum Gasteiger partial charge on any atom is 0.230 e. The molecule has 1 aliphatic rings. The second-order valence-corrected chi connectivity index (χ2v) is 6.92. The van der Waals surface area contributed by atoms with Crippen LogP contribution in [0.4, 0.5) is 5.69 Å². The SMILES string of the molecule is CCNCc1cccc(NC(=O)C2CCCOC2c2ccc(C)cc2)c1. The zero-order valence-corrected chi connectivity index (χ0v) is 15.6. The van der Waals surface area contributed by atoms with E-state index in [1.54, 1.807) is 0 Å². The fraction of sp³-hybridized carbons (Fsp3) is 0.409. The molecule has 1 fully saturated rings. The average Bonchev–Trinajstić information content (AvgIpc) is 2.67. The van der Waals surface area contributed by atoms with Gasteiger partial charge in [-0.15, -0.1) is 0 Å². The molecule has 2 aromatic carbocycles. The summed E-state index contributed by atoms with van der Waals surface area (Å²) < 4.78 is 5.98. The molecule has 2 unspecified atom stereocenters. The lowest BCUT2D eigenvalue weighted by Gasteiger charge is -2.31. The molecule has 26 heavy (non-hydrogen) atoms. The summed E-state index contributed by atoms with van der Waals surface area (Å²) in [5, 5.41) is 6.40. The van der Waals surface area contributed by atoms with Gasteiger partial charge in [0.15, 0.2) is 0 Å². The number of nitrogens with one attached hydrogen (secondary N) is 2. The number of benzene rings is 2. The summed E-state index contributed by atoms with van der Waals surface area (Å²) in [6, 6.07) is 16.3. The van der Waals surface area contributed by atoms with Crippen LogP contribution in [0.2, 0.25) is 0 Å². The molecule has 1 heterocycles. The van der Waals surface area contributed by atoms with Crippen LogP contribution < -0.4 is 10.6 Å². The Kier molecular flexibility index (Phi) is 6.42. The number of rotatable bonds is 6. The molecule has 0 bridgehead atoms. The van der Waals surface area contributed by atoms with E-state index in [0.717, 1.165) is 37.2 Å². The fourth-order valence-corrected chi connectivity index (χ4v) is 3.40. The van der Waals surface area contributed by atoms with Crippen LogP contribution in [-0.2, 0) is 16.1 Å². The van der Waals surface area contributed by atoms with Gasteiger partial charge in [-0.25, -0.2) is 0 Å². The molecule has 1 aliphatic heterocycles. The highest BCUT2D eigenvalue weighted by Gasteiger charge is 2.33. The van der Waals surface area contributed by atoms with Crippen LogP contribution in [0.5, 0.6) is 0 Å². The Labute approximate surface area is 156 Å². The Hall–Kier alpha value is -2.17. The van der Waals surface area contributed by atoms with E-state index < -0.39 is 0 Å². The summed E-state index contributed by atoms with van der Waals surface area (Å²) in [7, 11) is 0. The van der Waals surface area contributed by atoms with Gasteiger partial charge < -0.3 is 15.4 Å². The van der Waals surface area contributed by atoms with Gasteiger partial charge >= 0.3 is 0 Å².